The first kappa shape index (κ1) is 22.0. The minimum atomic E-state index is -0.613. The number of halogens is 1. The predicted molar refractivity (Wildman–Crippen MR) is 123 cm³/mol. The van der Waals surface area contributed by atoms with Gasteiger partial charge in [0.25, 0.3) is 0 Å². The monoisotopic (exact) mass is 434 g/mol. The molecule has 1 saturated heterocycles. The number of carbonyl (C=O) groups excluding carboxylic acids is 1. The van der Waals surface area contributed by atoms with Gasteiger partial charge in [0.2, 0.25) is 0 Å². The number of ketones is 1. The molecule has 166 valence electrons. The fourth-order valence-electron chi connectivity index (χ4n) is 3.84. The lowest BCUT2D eigenvalue weighted by Crippen LogP contribution is -2.49. The first-order chi connectivity index (χ1) is 15.6. The van der Waals surface area contributed by atoms with Crippen molar-refractivity contribution >= 4 is 11.5 Å². The molecule has 1 N–H and O–H groups in total. The SMILES string of the molecule is O=C(c1ccccc1)c1ccc(OC[C@H](O)CN2CCN(c3ccc(F)cc3)CC2)cc1. The maximum atomic E-state index is 13.1. The average Bonchev–Trinajstić information content (AvgIpc) is 2.84. The number of aliphatic hydroxyl groups excluding tert-OH is 1. The second-order valence-electron chi connectivity index (χ2n) is 7.95. The summed E-state index contributed by atoms with van der Waals surface area (Å²) in [5.41, 5.74) is 2.27. The summed E-state index contributed by atoms with van der Waals surface area (Å²) in [4.78, 5) is 16.9. The zero-order valence-electron chi connectivity index (χ0n) is 17.9. The van der Waals surface area contributed by atoms with Crippen LogP contribution in [0.25, 0.3) is 0 Å². The van der Waals surface area contributed by atoms with E-state index in [9.17, 15) is 14.3 Å². The summed E-state index contributed by atoms with van der Waals surface area (Å²) in [5, 5.41) is 10.4. The topological polar surface area (TPSA) is 53.0 Å². The Morgan fingerprint density at radius 1 is 0.875 bits per heavy atom. The number of ether oxygens (including phenoxy) is 1. The minimum Gasteiger partial charge on any atom is -0.491 e. The van der Waals surface area contributed by atoms with Crippen molar-refractivity contribution in [1.82, 2.24) is 4.90 Å². The summed E-state index contributed by atoms with van der Waals surface area (Å²) < 4.78 is 18.8. The Morgan fingerprint density at radius 2 is 1.50 bits per heavy atom. The van der Waals surface area contributed by atoms with E-state index >= 15 is 0 Å². The summed E-state index contributed by atoms with van der Waals surface area (Å²) in [7, 11) is 0. The molecule has 4 rings (SSSR count). The van der Waals surface area contributed by atoms with Crippen LogP contribution in [0.15, 0.2) is 78.9 Å². The third-order valence-corrected chi connectivity index (χ3v) is 5.63. The molecule has 0 bridgehead atoms. The van der Waals surface area contributed by atoms with E-state index in [1.165, 1.54) is 12.1 Å². The fraction of sp³-hybridized carbons (Fsp3) is 0.269. The molecule has 3 aromatic rings. The Balaban J connectivity index is 1.21. The number of β-amino-alcohol motifs (C(OH)–C–C–N with tert-alkyl or cyclic N) is 1. The lowest BCUT2D eigenvalue weighted by Gasteiger charge is -2.36. The van der Waals surface area contributed by atoms with Gasteiger partial charge < -0.3 is 14.7 Å². The summed E-state index contributed by atoms with van der Waals surface area (Å²) in [6, 6.07) is 22.7. The number of hydrogen-bond donors (Lipinski definition) is 1. The van der Waals surface area contributed by atoms with Gasteiger partial charge >= 0.3 is 0 Å². The number of anilines is 1. The summed E-state index contributed by atoms with van der Waals surface area (Å²) in [5.74, 6) is 0.361. The van der Waals surface area contributed by atoms with Gasteiger partial charge in [0, 0.05) is 49.5 Å². The average molecular weight is 435 g/mol. The molecule has 5 nitrogen and oxygen atoms in total. The van der Waals surface area contributed by atoms with Crippen LogP contribution >= 0.6 is 0 Å². The van der Waals surface area contributed by atoms with Gasteiger partial charge in [-0.15, -0.1) is 0 Å². The number of aliphatic hydroxyl groups is 1. The third kappa shape index (κ3) is 5.72. The summed E-state index contributed by atoms with van der Waals surface area (Å²) in [6.45, 7) is 4.02. The van der Waals surface area contributed by atoms with Gasteiger partial charge in [-0.2, -0.15) is 0 Å². The summed E-state index contributed by atoms with van der Waals surface area (Å²) >= 11 is 0. The van der Waals surface area contributed by atoms with Gasteiger partial charge in [0.05, 0.1) is 0 Å². The number of nitrogens with zero attached hydrogens (tertiary/aromatic N) is 2. The van der Waals surface area contributed by atoms with Gasteiger partial charge in [-0.1, -0.05) is 30.3 Å². The van der Waals surface area contributed by atoms with Crippen molar-refractivity contribution in [3.63, 3.8) is 0 Å². The lowest BCUT2D eigenvalue weighted by molar-refractivity contribution is 0.0663. The molecule has 6 heteroatoms. The molecule has 3 aromatic carbocycles. The highest BCUT2D eigenvalue weighted by atomic mass is 19.1. The van der Waals surface area contributed by atoms with E-state index in [0.29, 0.717) is 23.4 Å². The zero-order valence-corrected chi connectivity index (χ0v) is 17.9. The van der Waals surface area contributed by atoms with Crippen molar-refractivity contribution in [2.75, 3.05) is 44.2 Å². The molecule has 0 aromatic heterocycles. The molecule has 0 aliphatic carbocycles. The van der Waals surface area contributed by atoms with Gasteiger partial charge in [-0.05, 0) is 48.5 Å². The molecule has 1 heterocycles. The van der Waals surface area contributed by atoms with Gasteiger partial charge in [-0.3, -0.25) is 9.69 Å². The maximum Gasteiger partial charge on any atom is 0.193 e. The Labute approximate surface area is 187 Å². The highest BCUT2D eigenvalue weighted by Crippen LogP contribution is 2.18. The molecule has 1 aliphatic heterocycles. The third-order valence-electron chi connectivity index (χ3n) is 5.63. The molecule has 0 saturated carbocycles. The highest BCUT2D eigenvalue weighted by Gasteiger charge is 2.20. The van der Waals surface area contributed by atoms with Crippen molar-refractivity contribution < 1.29 is 19.0 Å². The Bertz CT molecular complexity index is 1000. The molecule has 1 aliphatic rings. The van der Waals surface area contributed by atoms with E-state index in [2.05, 4.69) is 9.80 Å². The van der Waals surface area contributed by atoms with Crippen LogP contribution in [0.5, 0.6) is 5.75 Å². The van der Waals surface area contributed by atoms with Crippen molar-refractivity contribution in [3.8, 4) is 5.75 Å². The smallest absolute Gasteiger partial charge is 0.193 e. The molecular weight excluding hydrogens is 407 g/mol. The van der Waals surface area contributed by atoms with Crippen molar-refractivity contribution in [1.29, 1.82) is 0 Å². The first-order valence-corrected chi connectivity index (χ1v) is 10.8. The Morgan fingerprint density at radius 3 is 2.16 bits per heavy atom. The Kier molecular flexibility index (Phi) is 7.14. The van der Waals surface area contributed by atoms with Crippen molar-refractivity contribution in [2.24, 2.45) is 0 Å². The van der Waals surface area contributed by atoms with Gasteiger partial charge in [-0.25, -0.2) is 4.39 Å². The number of hydrogen-bond acceptors (Lipinski definition) is 5. The van der Waals surface area contributed by atoms with Crippen LogP contribution in [0.1, 0.15) is 15.9 Å². The van der Waals surface area contributed by atoms with Crippen LogP contribution in [0.3, 0.4) is 0 Å². The molecule has 0 unspecified atom stereocenters. The van der Waals surface area contributed by atoms with E-state index < -0.39 is 6.10 Å². The van der Waals surface area contributed by atoms with Gasteiger partial charge in [0.15, 0.2) is 5.78 Å². The van der Waals surface area contributed by atoms with Gasteiger partial charge in [0.1, 0.15) is 24.3 Å². The molecule has 0 amide bonds. The maximum absolute atomic E-state index is 13.1. The van der Waals surface area contributed by atoms with Crippen LogP contribution in [0, 0.1) is 5.82 Å². The largest absolute Gasteiger partial charge is 0.491 e. The number of carbonyl (C=O) groups is 1. The first-order valence-electron chi connectivity index (χ1n) is 10.8. The molecular formula is C26H27FN2O3. The lowest BCUT2D eigenvalue weighted by atomic mass is 10.0. The molecule has 1 atom stereocenters. The van der Waals surface area contributed by atoms with Crippen LogP contribution in [-0.2, 0) is 0 Å². The van der Waals surface area contributed by atoms with Crippen LogP contribution in [0.4, 0.5) is 10.1 Å². The van der Waals surface area contributed by atoms with E-state index in [1.807, 2.05) is 18.2 Å². The zero-order chi connectivity index (χ0) is 22.3. The van der Waals surface area contributed by atoms with E-state index in [0.717, 1.165) is 31.9 Å². The number of benzene rings is 3. The van der Waals surface area contributed by atoms with E-state index in [4.69, 9.17) is 4.74 Å². The van der Waals surface area contributed by atoms with Crippen molar-refractivity contribution in [3.05, 3.63) is 95.8 Å². The van der Waals surface area contributed by atoms with Crippen LogP contribution < -0.4 is 9.64 Å². The van der Waals surface area contributed by atoms with Crippen LogP contribution in [0.2, 0.25) is 0 Å². The highest BCUT2D eigenvalue weighted by molar-refractivity contribution is 6.08. The predicted octanol–water partition coefficient (Wildman–Crippen LogP) is 3.62. The van der Waals surface area contributed by atoms with E-state index in [-0.39, 0.29) is 18.2 Å². The Hall–Kier alpha value is -3.22. The second-order valence-corrected chi connectivity index (χ2v) is 7.95. The van der Waals surface area contributed by atoms with Crippen LogP contribution in [-0.4, -0.2) is 61.2 Å². The normalized spacial score (nSPS) is 15.4. The minimum absolute atomic E-state index is 0.0306. The van der Waals surface area contributed by atoms with Crippen molar-refractivity contribution in [2.45, 2.75) is 6.10 Å². The quantitative estimate of drug-likeness (QED) is 0.549. The fourth-order valence-corrected chi connectivity index (χ4v) is 3.84. The number of rotatable bonds is 8. The number of piperazine rings is 1. The summed E-state index contributed by atoms with van der Waals surface area (Å²) in [6.07, 6.45) is -0.613. The molecule has 32 heavy (non-hydrogen) atoms. The molecule has 0 spiro atoms. The molecule has 0 radical (unpaired) electrons. The molecule has 1 fully saturated rings. The second kappa shape index (κ2) is 10.4. The van der Waals surface area contributed by atoms with E-state index in [1.54, 1.807) is 48.5 Å². The standard InChI is InChI=1S/C26H27FN2O3/c27-22-8-10-23(11-9-22)29-16-14-28(15-17-29)18-24(30)19-32-25-12-6-21(7-13-25)26(31)20-4-2-1-3-5-20/h1-13,24,30H,14-19H2/t24-/m1/s1.